The van der Waals surface area contributed by atoms with Gasteiger partial charge in [-0.1, -0.05) is 46.2 Å². The molecule has 2 heteroatoms. The maximum Gasteiger partial charge on any atom is 0.115 e. The lowest BCUT2D eigenvalue weighted by atomic mass is 10.1. The van der Waals surface area contributed by atoms with Gasteiger partial charge in [-0.25, -0.2) is 0 Å². The highest BCUT2D eigenvalue weighted by atomic mass is 16.5. The van der Waals surface area contributed by atoms with Crippen molar-refractivity contribution in [2.24, 2.45) is 0 Å². The highest BCUT2D eigenvalue weighted by Crippen LogP contribution is 2.09. The molecule has 1 rings (SSSR count). The number of phenolic OH excluding ortho intramolecular Hbond substituents is 1. The molecule has 0 heterocycles. The quantitative estimate of drug-likeness (QED) is 0.843. The van der Waals surface area contributed by atoms with E-state index < -0.39 is 0 Å². The Morgan fingerprint density at radius 2 is 1.50 bits per heavy atom. The van der Waals surface area contributed by atoms with Crippen molar-refractivity contribution in [2.75, 3.05) is 13.7 Å². The average Bonchev–Trinajstić information content (AvgIpc) is 2.32. The fourth-order valence-electron chi connectivity index (χ4n) is 0.883. The van der Waals surface area contributed by atoms with Crippen LogP contribution in [0.2, 0.25) is 0 Å². The zero-order chi connectivity index (χ0) is 12.8. The van der Waals surface area contributed by atoms with Crippen LogP contribution in [0.5, 0.6) is 5.75 Å². The molecular weight excluding hydrogens is 200 g/mol. The summed E-state index contributed by atoms with van der Waals surface area (Å²) >= 11 is 0. The first kappa shape index (κ1) is 17.4. The van der Waals surface area contributed by atoms with E-state index in [9.17, 15) is 0 Å². The monoisotopic (exact) mass is 226 g/mol. The van der Waals surface area contributed by atoms with Crippen molar-refractivity contribution in [1.82, 2.24) is 0 Å². The van der Waals surface area contributed by atoms with Crippen molar-refractivity contribution in [3.8, 4) is 5.75 Å². The van der Waals surface area contributed by atoms with Crippen LogP contribution in [0.4, 0.5) is 0 Å². The van der Waals surface area contributed by atoms with Crippen molar-refractivity contribution in [3.63, 3.8) is 0 Å². The summed E-state index contributed by atoms with van der Waals surface area (Å²) in [6.45, 7) is 8.98. The normalized spacial score (nSPS) is 8.31. The first-order chi connectivity index (χ1) is 7.74. The van der Waals surface area contributed by atoms with Crippen LogP contribution < -0.4 is 0 Å². The Morgan fingerprint density at radius 3 is 1.88 bits per heavy atom. The molecule has 0 unspecified atom stereocenters. The summed E-state index contributed by atoms with van der Waals surface area (Å²) in [6, 6.07) is 7.17. The molecule has 16 heavy (non-hydrogen) atoms. The molecule has 0 fully saturated rings. The van der Waals surface area contributed by atoms with Crippen molar-refractivity contribution in [2.45, 2.75) is 40.5 Å². The molecule has 0 bridgehead atoms. The molecule has 0 saturated heterocycles. The molecule has 0 amide bonds. The van der Waals surface area contributed by atoms with Crippen LogP contribution in [-0.4, -0.2) is 18.8 Å². The maximum atomic E-state index is 8.95. The minimum absolute atomic E-state index is 0.311. The van der Waals surface area contributed by atoms with Crippen LogP contribution >= 0.6 is 0 Å². The molecule has 0 aliphatic rings. The van der Waals surface area contributed by atoms with Gasteiger partial charge in [-0.15, -0.1) is 0 Å². The summed E-state index contributed by atoms with van der Waals surface area (Å²) in [4.78, 5) is 0. The van der Waals surface area contributed by atoms with E-state index in [2.05, 4.69) is 13.8 Å². The van der Waals surface area contributed by atoms with Crippen molar-refractivity contribution >= 4 is 0 Å². The van der Waals surface area contributed by atoms with Gasteiger partial charge in [0.25, 0.3) is 0 Å². The molecule has 0 spiro atoms. The second-order valence-electron chi connectivity index (χ2n) is 3.12. The predicted molar refractivity (Wildman–Crippen MR) is 71.0 cm³/mol. The Bertz CT molecular complexity index is 217. The first-order valence-corrected chi connectivity index (χ1v) is 6.01. The predicted octanol–water partition coefficient (Wildman–Crippen LogP) is 4.02. The number of ether oxygens (including phenoxy) is 1. The van der Waals surface area contributed by atoms with Crippen LogP contribution in [0.15, 0.2) is 24.3 Å². The number of benzene rings is 1. The summed E-state index contributed by atoms with van der Waals surface area (Å²) in [6.07, 6.45) is 2.15. The minimum atomic E-state index is 0.311. The van der Waals surface area contributed by atoms with Gasteiger partial charge >= 0.3 is 0 Å². The number of hydrogen-bond donors (Lipinski definition) is 1. The summed E-state index contributed by atoms with van der Waals surface area (Å²) in [5, 5.41) is 8.95. The third kappa shape index (κ3) is 11.1. The van der Waals surface area contributed by atoms with Gasteiger partial charge in [0.05, 0.1) is 6.61 Å². The molecule has 1 aromatic rings. The van der Waals surface area contributed by atoms with Crippen LogP contribution in [0, 0.1) is 0 Å². The van der Waals surface area contributed by atoms with Crippen molar-refractivity contribution < 1.29 is 9.84 Å². The van der Waals surface area contributed by atoms with Crippen molar-refractivity contribution in [1.29, 1.82) is 0 Å². The summed E-state index contributed by atoms with van der Waals surface area (Å²) in [5.41, 5.74) is 1.18. The smallest absolute Gasteiger partial charge is 0.115 e. The third-order valence-electron chi connectivity index (χ3n) is 1.53. The van der Waals surface area contributed by atoms with Gasteiger partial charge in [0.1, 0.15) is 5.75 Å². The third-order valence-corrected chi connectivity index (χ3v) is 1.53. The summed E-state index contributed by atoms with van der Waals surface area (Å²) in [7, 11) is 1.68. The van der Waals surface area contributed by atoms with E-state index in [1.165, 1.54) is 12.0 Å². The molecule has 94 valence electrons. The first-order valence-electron chi connectivity index (χ1n) is 6.01. The number of rotatable bonds is 3. The number of phenols is 1. The van der Waals surface area contributed by atoms with Crippen LogP contribution in [0.25, 0.3) is 0 Å². The second-order valence-corrected chi connectivity index (χ2v) is 3.12. The SMILES string of the molecule is CC.CCC.COCCc1ccc(O)cc1. The second kappa shape index (κ2) is 14.0. The Kier molecular flexibility index (Phi) is 15.2. The van der Waals surface area contributed by atoms with Crippen LogP contribution in [0.3, 0.4) is 0 Å². The van der Waals surface area contributed by atoms with Gasteiger partial charge in [0, 0.05) is 7.11 Å². The maximum absolute atomic E-state index is 8.95. The summed E-state index contributed by atoms with van der Waals surface area (Å²) < 4.78 is 4.91. The standard InChI is InChI=1S/C9H12O2.C3H8.C2H6/c1-11-7-6-8-2-4-9(10)5-3-8;1-3-2;1-2/h2-5,10H,6-7H2,1H3;3H2,1-2H3;1-2H3. The lowest BCUT2D eigenvalue weighted by Gasteiger charge is -1.99. The fraction of sp³-hybridized carbons (Fsp3) is 0.571. The van der Waals surface area contributed by atoms with E-state index in [0.29, 0.717) is 5.75 Å². The van der Waals surface area contributed by atoms with Crippen LogP contribution in [0.1, 0.15) is 39.7 Å². The zero-order valence-electron chi connectivity index (χ0n) is 11.3. The number of aromatic hydroxyl groups is 1. The topological polar surface area (TPSA) is 29.5 Å². The van der Waals surface area contributed by atoms with Gasteiger partial charge < -0.3 is 9.84 Å². The number of methoxy groups -OCH3 is 1. The molecular formula is C14H26O2. The molecule has 2 nitrogen and oxygen atoms in total. The van der Waals surface area contributed by atoms with Crippen LogP contribution in [-0.2, 0) is 11.2 Å². The molecule has 0 aromatic heterocycles. The number of hydrogen-bond acceptors (Lipinski definition) is 2. The van der Waals surface area contributed by atoms with E-state index in [1.807, 2.05) is 26.0 Å². The van der Waals surface area contributed by atoms with Gasteiger partial charge in [0.2, 0.25) is 0 Å². The molecule has 1 N–H and O–H groups in total. The van der Waals surface area contributed by atoms with Gasteiger partial charge in [-0.2, -0.15) is 0 Å². The van der Waals surface area contributed by atoms with E-state index in [1.54, 1.807) is 19.2 Å². The van der Waals surface area contributed by atoms with E-state index in [0.717, 1.165) is 13.0 Å². The lowest BCUT2D eigenvalue weighted by Crippen LogP contribution is -1.93. The van der Waals surface area contributed by atoms with Gasteiger partial charge in [-0.05, 0) is 24.1 Å². The highest BCUT2D eigenvalue weighted by Gasteiger charge is 1.91. The zero-order valence-corrected chi connectivity index (χ0v) is 11.3. The van der Waals surface area contributed by atoms with Gasteiger partial charge in [-0.3, -0.25) is 0 Å². The molecule has 0 radical (unpaired) electrons. The van der Waals surface area contributed by atoms with Gasteiger partial charge in [0.15, 0.2) is 0 Å². The van der Waals surface area contributed by atoms with E-state index >= 15 is 0 Å². The lowest BCUT2D eigenvalue weighted by molar-refractivity contribution is 0.202. The molecule has 0 atom stereocenters. The fourth-order valence-corrected chi connectivity index (χ4v) is 0.883. The molecule has 0 saturated carbocycles. The molecule has 0 aliphatic carbocycles. The largest absolute Gasteiger partial charge is 0.508 e. The average molecular weight is 226 g/mol. The van der Waals surface area contributed by atoms with E-state index in [4.69, 9.17) is 9.84 Å². The van der Waals surface area contributed by atoms with E-state index in [-0.39, 0.29) is 0 Å². The Morgan fingerprint density at radius 1 is 1.06 bits per heavy atom. The highest BCUT2D eigenvalue weighted by molar-refractivity contribution is 5.25. The summed E-state index contributed by atoms with van der Waals surface area (Å²) in [5.74, 6) is 0.311. The molecule has 1 aromatic carbocycles. The van der Waals surface area contributed by atoms with Crippen molar-refractivity contribution in [3.05, 3.63) is 29.8 Å². The minimum Gasteiger partial charge on any atom is -0.508 e. The Balaban J connectivity index is 0. The Labute approximate surface area is 100 Å². The molecule has 0 aliphatic heterocycles. The Hall–Kier alpha value is -1.02.